The van der Waals surface area contributed by atoms with Gasteiger partial charge in [0.2, 0.25) is 5.91 Å². The van der Waals surface area contributed by atoms with Crippen LogP contribution in [-0.4, -0.2) is 38.3 Å². The number of fused-ring (bicyclic) bond motifs is 1. The number of carbonyl (C=O) groups excluding carboxylic acids is 1. The summed E-state index contributed by atoms with van der Waals surface area (Å²) in [5.74, 6) is 1.68. The van der Waals surface area contributed by atoms with Crippen LogP contribution in [0, 0.1) is 0 Å². The third-order valence-electron chi connectivity index (χ3n) is 3.41. The summed E-state index contributed by atoms with van der Waals surface area (Å²) in [5.41, 5.74) is 1.17. The summed E-state index contributed by atoms with van der Waals surface area (Å²) in [6.45, 7) is 6.62. The van der Waals surface area contributed by atoms with Crippen LogP contribution in [0.1, 0.15) is 25.8 Å². The Kier molecular flexibility index (Phi) is 5.87. The predicted molar refractivity (Wildman–Crippen MR) is 81.9 cm³/mol. The molecule has 0 fully saturated rings. The molecule has 1 unspecified atom stereocenters. The highest BCUT2D eigenvalue weighted by molar-refractivity contribution is 5.81. The molecule has 1 aromatic carbocycles. The molecule has 0 saturated carbocycles. The second-order valence-corrected chi connectivity index (χ2v) is 5.19. The molecule has 1 amide bonds. The van der Waals surface area contributed by atoms with E-state index in [9.17, 15) is 4.79 Å². The first-order chi connectivity index (χ1) is 10.2. The first-order valence-electron chi connectivity index (χ1n) is 7.60. The van der Waals surface area contributed by atoms with Crippen LogP contribution in [0.4, 0.5) is 0 Å². The maximum atomic E-state index is 11.7. The average Bonchev–Trinajstić information content (AvgIpc) is 2.52. The van der Waals surface area contributed by atoms with Crippen LogP contribution in [0.3, 0.4) is 0 Å². The Morgan fingerprint density at radius 2 is 2.00 bits per heavy atom. The zero-order valence-electron chi connectivity index (χ0n) is 12.8. The van der Waals surface area contributed by atoms with E-state index in [0.717, 1.165) is 37.4 Å². The molecule has 2 N–H and O–H groups in total. The van der Waals surface area contributed by atoms with E-state index in [1.54, 1.807) is 0 Å². The fraction of sp³-hybridized carbons (Fsp3) is 0.562. The Balaban J connectivity index is 1.77. The van der Waals surface area contributed by atoms with E-state index < -0.39 is 0 Å². The molecule has 0 aromatic heterocycles. The lowest BCUT2D eigenvalue weighted by atomic mass is 10.1. The molecule has 116 valence electrons. The minimum atomic E-state index is -0.172. The minimum Gasteiger partial charge on any atom is -0.486 e. The van der Waals surface area contributed by atoms with Crippen molar-refractivity contribution >= 4 is 5.91 Å². The highest BCUT2D eigenvalue weighted by Gasteiger charge is 2.13. The molecule has 0 radical (unpaired) electrons. The van der Waals surface area contributed by atoms with Gasteiger partial charge in [-0.05, 0) is 44.0 Å². The molecule has 2 rings (SSSR count). The monoisotopic (exact) mass is 292 g/mol. The smallest absolute Gasteiger partial charge is 0.236 e. The molecule has 1 aromatic rings. The van der Waals surface area contributed by atoms with Crippen molar-refractivity contribution in [1.82, 2.24) is 10.6 Å². The second kappa shape index (κ2) is 7.88. The van der Waals surface area contributed by atoms with Gasteiger partial charge in [-0.15, -0.1) is 0 Å². The molecule has 21 heavy (non-hydrogen) atoms. The summed E-state index contributed by atoms with van der Waals surface area (Å²) in [5, 5.41) is 6.12. The summed E-state index contributed by atoms with van der Waals surface area (Å²) in [4.78, 5) is 11.7. The van der Waals surface area contributed by atoms with E-state index in [-0.39, 0.29) is 11.9 Å². The van der Waals surface area contributed by atoms with Crippen molar-refractivity contribution in [1.29, 1.82) is 0 Å². The zero-order valence-corrected chi connectivity index (χ0v) is 12.8. The van der Waals surface area contributed by atoms with E-state index in [1.165, 1.54) is 5.56 Å². The molecule has 1 atom stereocenters. The van der Waals surface area contributed by atoms with E-state index in [4.69, 9.17) is 9.47 Å². The largest absolute Gasteiger partial charge is 0.486 e. The lowest BCUT2D eigenvalue weighted by molar-refractivity contribution is -0.122. The zero-order chi connectivity index (χ0) is 15.1. The molecule has 0 spiro atoms. The van der Waals surface area contributed by atoms with Gasteiger partial charge in [0.25, 0.3) is 0 Å². The van der Waals surface area contributed by atoms with Gasteiger partial charge in [-0.3, -0.25) is 4.79 Å². The van der Waals surface area contributed by atoms with E-state index in [2.05, 4.69) is 10.6 Å². The standard InChI is InChI=1S/C16H24N2O3/c1-3-7-18-16(19)12(2)17-8-6-13-4-5-14-15(11-13)21-10-9-20-14/h4-5,11-12,17H,3,6-10H2,1-2H3,(H,18,19). The number of benzene rings is 1. The van der Waals surface area contributed by atoms with Crippen LogP contribution in [0.5, 0.6) is 11.5 Å². The van der Waals surface area contributed by atoms with Gasteiger partial charge in [0, 0.05) is 6.54 Å². The van der Waals surface area contributed by atoms with Crippen LogP contribution in [0.2, 0.25) is 0 Å². The fourth-order valence-electron chi connectivity index (χ4n) is 2.17. The summed E-state index contributed by atoms with van der Waals surface area (Å²) in [7, 11) is 0. The summed E-state index contributed by atoms with van der Waals surface area (Å²) >= 11 is 0. The van der Waals surface area contributed by atoms with Gasteiger partial charge in [0.15, 0.2) is 11.5 Å². The third kappa shape index (κ3) is 4.63. The second-order valence-electron chi connectivity index (χ2n) is 5.19. The van der Waals surface area contributed by atoms with E-state index in [0.29, 0.717) is 13.2 Å². The predicted octanol–water partition coefficient (Wildman–Crippen LogP) is 1.50. The third-order valence-corrected chi connectivity index (χ3v) is 3.41. The Morgan fingerprint density at radius 3 is 2.76 bits per heavy atom. The Hall–Kier alpha value is -1.75. The van der Waals surface area contributed by atoms with E-state index >= 15 is 0 Å². The number of rotatable bonds is 7. The number of ether oxygens (including phenoxy) is 2. The maximum Gasteiger partial charge on any atom is 0.236 e. The van der Waals surface area contributed by atoms with Gasteiger partial charge < -0.3 is 20.1 Å². The normalized spacial score (nSPS) is 14.6. The first-order valence-corrected chi connectivity index (χ1v) is 7.60. The van der Waals surface area contributed by atoms with Crippen molar-refractivity contribution < 1.29 is 14.3 Å². The van der Waals surface area contributed by atoms with Crippen LogP contribution in [0.25, 0.3) is 0 Å². The van der Waals surface area contributed by atoms with Crippen LogP contribution in [0.15, 0.2) is 18.2 Å². The SMILES string of the molecule is CCCNC(=O)C(C)NCCc1ccc2c(c1)OCCO2. The molecular weight excluding hydrogens is 268 g/mol. The van der Waals surface area contributed by atoms with E-state index in [1.807, 2.05) is 32.0 Å². The van der Waals surface area contributed by atoms with Crippen molar-refractivity contribution in [3.05, 3.63) is 23.8 Å². The number of carbonyl (C=O) groups is 1. The Labute approximate surface area is 126 Å². The number of hydrogen-bond acceptors (Lipinski definition) is 4. The van der Waals surface area contributed by atoms with Crippen molar-refractivity contribution in [2.75, 3.05) is 26.3 Å². The summed E-state index contributed by atoms with van der Waals surface area (Å²) in [6.07, 6.45) is 1.80. The van der Waals surface area contributed by atoms with Crippen LogP contribution in [-0.2, 0) is 11.2 Å². The van der Waals surface area contributed by atoms with Gasteiger partial charge >= 0.3 is 0 Å². The number of nitrogens with one attached hydrogen (secondary N) is 2. The molecule has 1 aliphatic rings. The molecule has 1 aliphatic heterocycles. The highest BCUT2D eigenvalue weighted by Crippen LogP contribution is 2.30. The first kappa shape index (κ1) is 15.6. The van der Waals surface area contributed by atoms with Crippen molar-refractivity contribution in [3.8, 4) is 11.5 Å². The molecule has 0 saturated heterocycles. The van der Waals surface area contributed by atoms with Crippen molar-refractivity contribution in [2.24, 2.45) is 0 Å². The van der Waals surface area contributed by atoms with Gasteiger partial charge in [-0.1, -0.05) is 13.0 Å². The van der Waals surface area contributed by atoms with Gasteiger partial charge in [0.05, 0.1) is 6.04 Å². The topological polar surface area (TPSA) is 59.6 Å². The highest BCUT2D eigenvalue weighted by atomic mass is 16.6. The molecule has 1 heterocycles. The fourth-order valence-corrected chi connectivity index (χ4v) is 2.17. The van der Waals surface area contributed by atoms with Crippen molar-refractivity contribution in [3.63, 3.8) is 0 Å². The molecule has 5 nitrogen and oxygen atoms in total. The molecule has 0 aliphatic carbocycles. The Morgan fingerprint density at radius 1 is 1.24 bits per heavy atom. The lowest BCUT2D eigenvalue weighted by Gasteiger charge is -2.19. The van der Waals surface area contributed by atoms with Crippen LogP contribution < -0.4 is 20.1 Å². The maximum absolute atomic E-state index is 11.7. The Bertz CT molecular complexity index is 477. The number of hydrogen-bond donors (Lipinski definition) is 2. The molecule has 5 heteroatoms. The average molecular weight is 292 g/mol. The number of amides is 1. The summed E-state index contributed by atoms with van der Waals surface area (Å²) < 4.78 is 11.1. The summed E-state index contributed by atoms with van der Waals surface area (Å²) in [6, 6.07) is 5.82. The van der Waals surface area contributed by atoms with Gasteiger partial charge in [0.1, 0.15) is 13.2 Å². The molecule has 0 bridgehead atoms. The van der Waals surface area contributed by atoms with Crippen LogP contribution >= 0.6 is 0 Å². The lowest BCUT2D eigenvalue weighted by Crippen LogP contribution is -2.43. The van der Waals surface area contributed by atoms with Gasteiger partial charge in [-0.2, -0.15) is 0 Å². The quantitative estimate of drug-likeness (QED) is 0.799. The van der Waals surface area contributed by atoms with Crippen molar-refractivity contribution in [2.45, 2.75) is 32.7 Å². The minimum absolute atomic E-state index is 0.0547. The van der Waals surface area contributed by atoms with Gasteiger partial charge in [-0.25, -0.2) is 0 Å². The molecular formula is C16H24N2O3.